The van der Waals surface area contributed by atoms with E-state index < -0.39 is 0 Å². The zero-order valence-electron chi connectivity index (χ0n) is 8.03. The van der Waals surface area contributed by atoms with Gasteiger partial charge in [-0.2, -0.15) is 60.7 Å². The van der Waals surface area contributed by atoms with Gasteiger partial charge in [-0.15, -0.1) is 21.6 Å². The Morgan fingerprint density at radius 1 is 0.786 bits per heavy atom. The third-order valence-electron chi connectivity index (χ3n) is 1.58. The van der Waals surface area contributed by atoms with Crippen molar-refractivity contribution in [3.8, 4) is 0 Å². The topological polar surface area (TPSA) is 0 Å². The van der Waals surface area contributed by atoms with Crippen LogP contribution in [-0.4, -0.2) is 0 Å². The minimum Gasteiger partial charge on any atom is -0.176 e. The van der Waals surface area contributed by atoms with E-state index in [0.717, 1.165) is 9.79 Å². The summed E-state index contributed by atoms with van der Waals surface area (Å²) >= 11 is 1.68. The second-order valence-electron chi connectivity index (χ2n) is 2.56. The van der Waals surface area contributed by atoms with E-state index in [4.69, 9.17) is 0 Å². The molecule has 0 spiro atoms. The molecule has 0 aliphatic heterocycles. The Balaban J connectivity index is 0.000000980. The van der Waals surface area contributed by atoms with Gasteiger partial charge in [-0.1, -0.05) is 0 Å². The first-order chi connectivity index (χ1) is 6.45. The number of hydrogen-bond donors (Lipinski definition) is 0. The SMILES string of the molecule is [Li+].[c-]1ccccc1Sc1[c-]cccc1. The third-order valence-corrected chi connectivity index (χ3v) is 2.53. The largest absolute Gasteiger partial charge is 1.00 e. The van der Waals surface area contributed by atoms with E-state index in [-0.39, 0.29) is 18.9 Å². The molecule has 0 atom stereocenters. The molecule has 0 nitrogen and oxygen atoms in total. The van der Waals surface area contributed by atoms with E-state index in [1.165, 1.54) is 0 Å². The van der Waals surface area contributed by atoms with Crippen LogP contribution in [0.25, 0.3) is 0 Å². The Morgan fingerprint density at radius 3 is 1.64 bits per heavy atom. The maximum Gasteiger partial charge on any atom is 1.00 e. The van der Waals surface area contributed by atoms with Crippen molar-refractivity contribution < 1.29 is 18.9 Å². The van der Waals surface area contributed by atoms with Gasteiger partial charge in [0.25, 0.3) is 0 Å². The third kappa shape index (κ3) is 3.27. The van der Waals surface area contributed by atoms with Crippen molar-refractivity contribution in [1.29, 1.82) is 0 Å². The summed E-state index contributed by atoms with van der Waals surface area (Å²) in [6, 6.07) is 22.2. The summed E-state index contributed by atoms with van der Waals surface area (Å²) in [6.07, 6.45) is 0. The zero-order chi connectivity index (χ0) is 8.93. The van der Waals surface area contributed by atoms with Crippen molar-refractivity contribution in [2.45, 2.75) is 9.79 Å². The minimum absolute atomic E-state index is 0. The quantitative estimate of drug-likeness (QED) is 0.490. The Hall–Kier alpha value is -0.613. The Morgan fingerprint density at radius 2 is 1.29 bits per heavy atom. The van der Waals surface area contributed by atoms with E-state index in [1.807, 2.05) is 48.5 Å². The molecule has 2 aromatic carbocycles. The van der Waals surface area contributed by atoms with Gasteiger partial charge in [-0.3, -0.25) is 0 Å². The van der Waals surface area contributed by atoms with E-state index in [1.54, 1.807) is 11.8 Å². The van der Waals surface area contributed by atoms with Gasteiger partial charge < -0.3 is 0 Å². The Kier molecular flexibility index (Phi) is 4.90. The van der Waals surface area contributed by atoms with Crippen LogP contribution < -0.4 is 18.9 Å². The van der Waals surface area contributed by atoms with Crippen molar-refractivity contribution in [1.82, 2.24) is 0 Å². The predicted octanol–water partition coefficient (Wildman–Crippen LogP) is 0.442. The van der Waals surface area contributed by atoms with Crippen LogP contribution in [0.3, 0.4) is 0 Å². The molecule has 0 heterocycles. The first-order valence-corrected chi connectivity index (χ1v) is 4.88. The molecule has 0 aromatic heterocycles. The first-order valence-electron chi connectivity index (χ1n) is 4.06. The summed E-state index contributed by atoms with van der Waals surface area (Å²) in [5.41, 5.74) is 0. The van der Waals surface area contributed by atoms with Crippen molar-refractivity contribution >= 4 is 11.8 Å². The average Bonchev–Trinajstić information content (AvgIpc) is 2.21. The molecule has 0 amide bonds. The maximum atomic E-state index is 3.16. The molecule has 0 aliphatic rings. The van der Waals surface area contributed by atoms with Crippen LogP contribution in [0.15, 0.2) is 58.3 Å². The average molecular weight is 191 g/mol. The van der Waals surface area contributed by atoms with E-state index in [2.05, 4.69) is 12.1 Å². The molecule has 2 heteroatoms. The fraction of sp³-hybridized carbons (Fsp3) is 0. The predicted molar refractivity (Wildman–Crippen MR) is 54.7 cm³/mol. The summed E-state index contributed by atoms with van der Waals surface area (Å²) in [5.74, 6) is 0. The van der Waals surface area contributed by atoms with Crippen LogP contribution in [0.1, 0.15) is 0 Å². The Labute approximate surface area is 101 Å². The molecule has 14 heavy (non-hydrogen) atoms. The summed E-state index contributed by atoms with van der Waals surface area (Å²) in [6.45, 7) is 0. The molecule has 2 rings (SSSR count). The van der Waals surface area contributed by atoms with E-state index >= 15 is 0 Å². The molecule has 2 aromatic rings. The monoisotopic (exact) mass is 191 g/mol. The molecule has 0 fully saturated rings. The van der Waals surface area contributed by atoms with Gasteiger partial charge in [0.05, 0.1) is 0 Å². The maximum absolute atomic E-state index is 3.16. The van der Waals surface area contributed by atoms with Crippen LogP contribution in [0, 0.1) is 12.1 Å². The van der Waals surface area contributed by atoms with Gasteiger partial charge in [0.2, 0.25) is 0 Å². The van der Waals surface area contributed by atoms with Crippen molar-refractivity contribution in [2.24, 2.45) is 0 Å². The van der Waals surface area contributed by atoms with Gasteiger partial charge in [-0.25, -0.2) is 0 Å². The molecule has 0 bridgehead atoms. The van der Waals surface area contributed by atoms with Gasteiger partial charge in [0, 0.05) is 0 Å². The number of rotatable bonds is 2. The smallest absolute Gasteiger partial charge is 0.176 e. The summed E-state index contributed by atoms with van der Waals surface area (Å²) in [7, 11) is 0. The van der Waals surface area contributed by atoms with Gasteiger partial charge >= 0.3 is 18.9 Å². The van der Waals surface area contributed by atoms with Crippen LogP contribution in [0.2, 0.25) is 0 Å². The fourth-order valence-corrected chi connectivity index (χ4v) is 1.78. The van der Waals surface area contributed by atoms with Crippen LogP contribution >= 0.6 is 11.8 Å². The Bertz CT molecular complexity index is 321. The van der Waals surface area contributed by atoms with E-state index in [0.29, 0.717) is 0 Å². The standard InChI is InChI=1S/C12H8S.Li/c1-3-7-11(8-4-1)13-12-9-5-2-6-10-12;/h1-7,9H;/q-2;+1. The van der Waals surface area contributed by atoms with Crippen LogP contribution in [0.5, 0.6) is 0 Å². The van der Waals surface area contributed by atoms with Gasteiger partial charge in [0.15, 0.2) is 0 Å². The first kappa shape index (κ1) is 11.5. The number of hydrogen-bond acceptors (Lipinski definition) is 1. The second kappa shape index (κ2) is 5.98. The molecule has 0 saturated carbocycles. The molecular formula is C12H8LiS-. The molecule has 64 valence electrons. The molecule has 0 unspecified atom stereocenters. The summed E-state index contributed by atoms with van der Waals surface area (Å²) in [5, 5.41) is 0. The molecule has 0 radical (unpaired) electrons. The minimum atomic E-state index is 0. The van der Waals surface area contributed by atoms with Crippen molar-refractivity contribution in [3.63, 3.8) is 0 Å². The zero-order valence-corrected chi connectivity index (χ0v) is 8.84. The molecule has 0 aliphatic carbocycles. The van der Waals surface area contributed by atoms with Gasteiger partial charge in [0.1, 0.15) is 0 Å². The van der Waals surface area contributed by atoms with Crippen LogP contribution in [0.4, 0.5) is 0 Å². The van der Waals surface area contributed by atoms with Crippen molar-refractivity contribution in [3.05, 3.63) is 60.7 Å². The number of benzene rings is 2. The van der Waals surface area contributed by atoms with Crippen LogP contribution in [-0.2, 0) is 0 Å². The van der Waals surface area contributed by atoms with Crippen molar-refractivity contribution in [2.75, 3.05) is 0 Å². The normalized spacial score (nSPS) is 9.14. The summed E-state index contributed by atoms with van der Waals surface area (Å²) in [4.78, 5) is 2.26. The summed E-state index contributed by atoms with van der Waals surface area (Å²) < 4.78 is 0. The molecule has 0 saturated heterocycles. The molecular weight excluding hydrogens is 183 g/mol. The molecule has 0 N–H and O–H groups in total. The second-order valence-corrected chi connectivity index (χ2v) is 3.64. The van der Waals surface area contributed by atoms with E-state index in [9.17, 15) is 0 Å². The van der Waals surface area contributed by atoms with Gasteiger partial charge in [-0.05, 0) is 0 Å². The fourth-order valence-electron chi connectivity index (χ4n) is 0.999.